The largest absolute Gasteiger partial charge is 0.494 e. The number of rotatable bonds is 8. The number of hydrogen-bond acceptors (Lipinski definition) is 3. The molecule has 0 heterocycles. The molecule has 0 aromatic heterocycles. The molecule has 4 nitrogen and oxygen atoms in total. The summed E-state index contributed by atoms with van der Waals surface area (Å²) in [4.78, 5) is 12.5. The van der Waals surface area contributed by atoms with Gasteiger partial charge in [-0.25, -0.2) is 0 Å². The minimum Gasteiger partial charge on any atom is -0.494 e. The van der Waals surface area contributed by atoms with E-state index in [1.807, 2.05) is 62.4 Å². The van der Waals surface area contributed by atoms with E-state index in [2.05, 4.69) is 12.2 Å². The second-order valence-corrected chi connectivity index (χ2v) is 5.46. The van der Waals surface area contributed by atoms with Gasteiger partial charge in [0.2, 0.25) is 0 Å². The van der Waals surface area contributed by atoms with Crippen molar-refractivity contribution in [2.75, 3.05) is 11.9 Å². The third-order valence-electron chi connectivity index (χ3n) is 3.69. The Bertz CT molecular complexity index is 652. The predicted octanol–water partition coefficient (Wildman–Crippen LogP) is 4.44. The summed E-state index contributed by atoms with van der Waals surface area (Å²) in [6.45, 7) is 6.55. The van der Waals surface area contributed by atoms with E-state index in [4.69, 9.17) is 9.47 Å². The van der Waals surface area contributed by atoms with E-state index < -0.39 is 6.10 Å². The van der Waals surface area contributed by atoms with Gasteiger partial charge in [-0.15, -0.1) is 0 Å². The third kappa shape index (κ3) is 5.01. The van der Waals surface area contributed by atoms with E-state index in [0.29, 0.717) is 24.5 Å². The maximum Gasteiger partial charge on any atom is 0.265 e. The van der Waals surface area contributed by atoms with Crippen LogP contribution >= 0.6 is 0 Å². The number of anilines is 1. The Morgan fingerprint density at radius 1 is 1.04 bits per heavy atom. The molecule has 0 aliphatic rings. The molecule has 2 aromatic rings. The van der Waals surface area contributed by atoms with E-state index in [0.717, 1.165) is 12.2 Å². The Labute approximate surface area is 143 Å². The summed E-state index contributed by atoms with van der Waals surface area (Å²) >= 11 is 0. The molecule has 4 heteroatoms. The van der Waals surface area contributed by atoms with Crippen LogP contribution in [-0.4, -0.2) is 18.6 Å². The highest BCUT2D eigenvalue weighted by atomic mass is 16.5. The highest BCUT2D eigenvalue weighted by Crippen LogP contribution is 2.19. The van der Waals surface area contributed by atoms with Gasteiger partial charge < -0.3 is 14.8 Å². The van der Waals surface area contributed by atoms with Crippen molar-refractivity contribution in [1.82, 2.24) is 0 Å². The maximum absolute atomic E-state index is 12.5. The van der Waals surface area contributed by atoms with Crippen molar-refractivity contribution in [3.63, 3.8) is 0 Å². The quantitative estimate of drug-likeness (QED) is 0.779. The number of ether oxygens (including phenoxy) is 2. The Kier molecular flexibility index (Phi) is 6.67. The monoisotopic (exact) mass is 327 g/mol. The maximum atomic E-state index is 12.5. The number of hydrogen-bond donors (Lipinski definition) is 1. The normalized spacial score (nSPS) is 11.6. The summed E-state index contributed by atoms with van der Waals surface area (Å²) in [5, 5.41) is 2.89. The minimum atomic E-state index is -0.534. The van der Waals surface area contributed by atoms with E-state index >= 15 is 0 Å². The van der Waals surface area contributed by atoms with Crippen molar-refractivity contribution >= 4 is 11.6 Å². The first-order valence-electron chi connectivity index (χ1n) is 8.45. The van der Waals surface area contributed by atoms with Crippen LogP contribution in [0.4, 0.5) is 5.69 Å². The molecule has 2 rings (SSSR count). The number of amides is 1. The molecule has 0 unspecified atom stereocenters. The molecule has 0 aliphatic heterocycles. The first kappa shape index (κ1) is 17.9. The number of aryl methyl sites for hydroxylation is 1. The lowest BCUT2D eigenvalue weighted by Crippen LogP contribution is -2.32. The van der Waals surface area contributed by atoms with Crippen LogP contribution in [0.5, 0.6) is 11.5 Å². The standard InChI is InChI=1S/C20H25NO3/c1-4-15-10-12-17(13-11-15)24-19(5-2)20(22)21-16-8-7-9-18(14-16)23-6-3/h7-14,19H,4-6H2,1-3H3,(H,21,22)/t19-/m0/s1. The number of carbonyl (C=O) groups is 1. The summed E-state index contributed by atoms with van der Waals surface area (Å²) in [6.07, 6.45) is 1.04. The highest BCUT2D eigenvalue weighted by molar-refractivity contribution is 5.94. The zero-order valence-corrected chi connectivity index (χ0v) is 14.5. The molecule has 0 bridgehead atoms. The first-order chi connectivity index (χ1) is 11.7. The van der Waals surface area contributed by atoms with Crippen LogP contribution in [0.3, 0.4) is 0 Å². The molecular weight excluding hydrogens is 302 g/mol. The average Bonchev–Trinajstić information content (AvgIpc) is 2.60. The van der Waals surface area contributed by atoms with Crippen LogP contribution < -0.4 is 14.8 Å². The smallest absolute Gasteiger partial charge is 0.265 e. The molecule has 0 spiro atoms. The summed E-state index contributed by atoms with van der Waals surface area (Å²) in [7, 11) is 0. The lowest BCUT2D eigenvalue weighted by atomic mass is 10.1. The van der Waals surface area contributed by atoms with Crippen LogP contribution in [-0.2, 0) is 11.2 Å². The van der Waals surface area contributed by atoms with Gasteiger partial charge >= 0.3 is 0 Å². The second kappa shape index (κ2) is 8.96. The molecule has 0 saturated carbocycles. The molecular formula is C20H25NO3. The molecule has 24 heavy (non-hydrogen) atoms. The summed E-state index contributed by atoms with van der Waals surface area (Å²) < 4.78 is 11.3. The van der Waals surface area contributed by atoms with Gasteiger partial charge in [0, 0.05) is 11.8 Å². The zero-order valence-electron chi connectivity index (χ0n) is 14.5. The molecule has 128 valence electrons. The fraction of sp³-hybridized carbons (Fsp3) is 0.350. The van der Waals surface area contributed by atoms with Gasteiger partial charge in [-0.05, 0) is 49.6 Å². The van der Waals surface area contributed by atoms with Crippen molar-refractivity contribution in [3.05, 3.63) is 54.1 Å². The van der Waals surface area contributed by atoms with Gasteiger partial charge in [-0.3, -0.25) is 4.79 Å². The molecule has 1 amide bonds. The second-order valence-electron chi connectivity index (χ2n) is 5.46. The van der Waals surface area contributed by atoms with Gasteiger partial charge in [0.1, 0.15) is 11.5 Å². The fourth-order valence-corrected chi connectivity index (χ4v) is 2.34. The Morgan fingerprint density at radius 2 is 1.79 bits per heavy atom. The molecule has 1 atom stereocenters. The van der Waals surface area contributed by atoms with Crippen LogP contribution in [0, 0.1) is 0 Å². The highest BCUT2D eigenvalue weighted by Gasteiger charge is 2.18. The number of nitrogens with one attached hydrogen (secondary N) is 1. The van der Waals surface area contributed by atoms with Gasteiger partial charge in [0.25, 0.3) is 5.91 Å². The van der Waals surface area contributed by atoms with Crippen LogP contribution in [0.25, 0.3) is 0 Å². The molecule has 1 N–H and O–H groups in total. The Morgan fingerprint density at radius 3 is 2.42 bits per heavy atom. The van der Waals surface area contributed by atoms with E-state index in [1.165, 1.54) is 5.56 Å². The first-order valence-corrected chi connectivity index (χ1v) is 8.45. The van der Waals surface area contributed by atoms with Crippen LogP contribution in [0.1, 0.15) is 32.8 Å². The van der Waals surface area contributed by atoms with Crippen molar-refractivity contribution < 1.29 is 14.3 Å². The van der Waals surface area contributed by atoms with Crippen LogP contribution in [0.15, 0.2) is 48.5 Å². The predicted molar refractivity (Wildman–Crippen MR) is 96.8 cm³/mol. The molecule has 2 aromatic carbocycles. The van der Waals surface area contributed by atoms with E-state index in [1.54, 1.807) is 0 Å². The number of carbonyl (C=O) groups excluding carboxylic acids is 1. The number of benzene rings is 2. The lowest BCUT2D eigenvalue weighted by molar-refractivity contribution is -0.122. The molecule has 0 radical (unpaired) electrons. The zero-order chi connectivity index (χ0) is 17.4. The molecule has 0 aliphatic carbocycles. The SMILES string of the molecule is CCOc1cccc(NC(=O)[C@H](CC)Oc2ccc(CC)cc2)c1. The van der Waals surface area contributed by atoms with E-state index in [9.17, 15) is 4.79 Å². The van der Waals surface area contributed by atoms with Crippen molar-refractivity contribution in [2.24, 2.45) is 0 Å². The fourth-order valence-electron chi connectivity index (χ4n) is 2.34. The Balaban J connectivity index is 2.01. The average molecular weight is 327 g/mol. The van der Waals surface area contributed by atoms with Crippen molar-refractivity contribution in [1.29, 1.82) is 0 Å². The van der Waals surface area contributed by atoms with Gasteiger partial charge in [0.05, 0.1) is 6.61 Å². The molecule has 0 saturated heterocycles. The van der Waals surface area contributed by atoms with Crippen LogP contribution in [0.2, 0.25) is 0 Å². The minimum absolute atomic E-state index is 0.161. The van der Waals surface area contributed by atoms with Gasteiger partial charge in [-0.1, -0.05) is 32.0 Å². The van der Waals surface area contributed by atoms with Crippen molar-refractivity contribution in [3.8, 4) is 11.5 Å². The molecule has 0 fully saturated rings. The van der Waals surface area contributed by atoms with Gasteiger partial charge in [0.15, 0.2) is 6.10 Å². The van der Waals surface area contributed by atoms with Crippen molar-refractivity contribution in [2.45, 2.75) is 39.7 Å². The third-order valence-corrected chi connectivity index (χ3v) is 3.69. The summed E-state index contributed by atoms with van der Waals surface area (Å²) in [5.74, 6) is 1.28. The van der Waals surface area contributed by atoms with Gasteiger partial charge in [-0.2, -0.15) is 0 Å². The lowest BCUT2D eigenvalue weighted by Gasteiger charge is -2.18. The Hall–Kier alpha value is -2.49. The summed E-state index contributed by atoms with van der Waals surface area (Å²) in [5.41, 5.74) is 1.95. The topological polar surface area (TPSA) is 47.6 Å². The summed E-state index contributed by atoms with van der Waals surface area (Å²) in [6, 6.07) is 15.2. The van der Waals surface area contributed by atoms with E-state index in [-0.39, 0.29) is 5.91 Å².